The monoisotopic (exact) mass is 526 g/mol. The van der Waals surface area contributed by atoms with Gasteiger partial charge in [0.05, 0.1) is 19.9 Å². The summed E-state index contributed by atoms with van der Waals surface area (Å²) in [6, 6.07) is 23.2. The minimum absolute atomic E-state index is 0.129. The standard InChI is InChI=1S/C29H26N4O4S/c1-4-33-27(19-14-20(36-2)16-21(15-19)37-3)31-32-29(33)38-25(28(34)35)17-23-22-12-8-9-13-24(22)30-26(23)18-10-6-5-7-11-18/h5-17,30H,4H2,1-3H3,(H,34,35)/b25-17-. The molecule has 0 unspecified atom stereocenters. The van der Waals surface area contributed by atoms with Gasteiger partial charge in [-0.3, -0.25) is 0 Å². The number of aromatic nitrogens is 4. The number of carbonyl (C=O) groups is 1. The van der Waals surface area contributed by atoms with Gasteiger partial charge in [0.2, 0.25) is 0 Å². The highest BCUT2D eigenvalue weighted by atomic mass is 32.2. The topological polar surface area (TPSA) is 102 Å². The molecule has 0 saturated heterocycles. The van der Waals surface area contributed by atoms with Crippen molar-refractivity contribution in [3.8, 4) is 34.1 Å². The van der Waals surface area contributed by atoms with Gasteiger partial charge >= 0.3 is 5.97 Å². The van der Waals surface area contributed by atoms with Crippen molar-refractivity contribution < 1.29 is 19.4 Å². The van der Waals surface area contributed by atoms with E-state index in [0.717, 1.165) is 45.0 Å². The van der Waals surface area contributed by atoms with Gasteiger partial charge in [-0.15, -0.1) is 10.2 Å². The van der Waals surface area contributed by atoms with Crippen molar-refractivity contribution in [1.29, 1.82) is 0 Å². The number of thioether (sulfide) groups is 1. The molecule has 0 fully saturated rings. The van der Waals surface area contributed by atoms with Gasteiger partial charge in [0.25, 0.3) is 0 Å². The molecule has 0 saturated carbocycles. The summed E-state index contributed by atoms with van der Waals surface area (Å²) in [4.78, 5) is 16.1. The van der Waals surface area contributed by atoms with Crippen LogP contribution in [0.15, 0.2) is 82.9 Å². The molecule has 3 aromatic carbocycles. The number of hydrogen-bond donors (Lipinski definition) is 2. The Balaban J connectivity index is 1.59. The number of fused-ring (bicyclic) bond motifs is 1. The minimum atomic E-state index is -1.05. The maximum Gasteiger partial charge on any atom is 0.342 e. The summed E-state index contributed by atoms with van der Waals surface area (Å²) in [6.07, 6.45) is 1.71. The molecule has 2 heterocycles. The first-order valence-electron chi connectivity index (χ1n) is 12.0. The number of carboxylic acid groups (broad SMARTS) is 1. The Kier molecular flexibility index (Phi) is 7.19. The Morgan fingerprint density at radius 3 is 2.32 bits per heavy atom. The van der Waals surface area contributed by atoms with Gasteiger partial charge in [-0.25, -0.2) is 4.79 Å². The van der Waals surface area contributed by atoms with Crippen molar-refractivity contribution in [2.45, 2.75) is 18.6 Å². The molecule has 0 aliphatic heterocycles. The molecule has 8 nitrogen and oxygen atoms in total. The summed E-state index contributed by atoms with van der Waals surface area (Å²) < 4.78 is 12.7. The second-order valence-electron chi connectivity index (χ2n) is 8.39. The molecule has 5 aromatic rings. The van der Waals surface area contributed by atoms with Crippen molar-refractivity contribution in [1.82, 2.24) is 19.7 Å². The highest BCUT2D eigenvalue weighted by Gasteiger charge is 2.21. The van der Waals surface area contributed by atoms with E-state index in [1.165, 1.54) is 0 Å². The lowest BCUT2D eigenvalue weighted by atomic mass is 10.0. The van der Waals surface area contributed by atoms with Gasteiger partial charge in [0.15, 0.2) is 11.0 Å². The fraction of sp³-hybridized carbons (Fsp3) is 0.138. The smallest absolute Gasteiger partial charge is 0.342 e. The van der Waals surface area contributed by atoms with Crippen LogP contribution in [0.4, 0.5) is 0 Å². The van der Waals surface area contributed by atoms with Crippen LogP contribution < -0.4 is 9.47 Å². The molecule has 0 aliphatic rings. The second-order valence-corrected chi connectivity index (χ2v) is 9.40. The molecule has 2 aromatic heterocycles. The maximum atomic E-state index is 12.5. The van der Waals surface area contributed by atoms with Crippen molar-refractivity contribution in [3.63, 3.8) is 0 Å². The number of carboxylic acids is 1. The Morgan fingerprint density at radius 2 is 1.66 bits per heavy atom. The predicted octanol–water partition coefficient (Wildman–Crippen LogP) is 6.35. The molecule has 2 N–H and O–H groups in total. The van der Waals surface area contributed by atoms with Gasteiger partial charge in [-0.05, 0) is 48.5 Å². The summed E-state index contributed by atoms with van der Waals surface area (Å²) in [5.41, 5.74) is 4.31. The van der Waals surface area contributed by atoms with Crippen LogP contribution in [0.1, 0.15) is 12.5 Å². The molecule has 0 radical (unpaired) electrons. The molecular weight excluding hydrogens is 500 g/mol. The van der Waals surface area contributed by atoms with Gasteiger partial charge in [-0.2, -0.15) is 0 Å². The number of rotatable bonds is 9. The number of aromatic amines is 1. The lowest BCUT2D eigenvalue weighted by molar-refractivity contribution is -0.131. The van der Waals surface area contributed by atoms with Crippen LogP contribution in [0, 0.1) is 0 Å². The van der Waals surface area contributed by atoms with Crippen LogP contribution in [0.5, 0.6) is 11.5 Å². The van der Waals surface area contributed by atoms with Crippen molar-refractivity contribution >= 4 is 34.7 Å². The third-order valence-corrected chi connectivity index (χ3v) is 7.14. The number of nitrogens with one attached hydrogen (secondary N) is 1. The first kappa shape index (κ1) is 25.2. The van der Waals surface area contributed by atoms with Gasteiger partial charge in [0.1, 0.15) is 16.4 Å². The average molecular weight is 527 g/mol. The van der Waals surface area contributed by atoms with Gasteiger partial charge in [0, 0.05) is 34.6 Å². The Hall–Kier alpha value is -4.50. The van der Waals surface area contributed by atoms with E-state index in [1.807, 2.05) is 78.2 Å². The molecule has 0 amide bonds. The SMILES string of the molecule is CCn1c(S/C(=C\c2c(-c3ccccc3)[nH]c3ccccc23)C(=O)O)nnc1-c1cc(OC)cc(OC)c1. The van der Waals surface area contributed by atoms with E-state index in [9.17, 15) is 9.90 Å². The number of para-hydroxylation sites is 1. The number of aliphatic carboxylic acids is 1. The molecule has 0 aliphatic carbocycles. The minimum Gasteiger partial charge on any atom is -0.497 e. The quantitative estimate of drug-likeness (QED) is 0.170. The second kappa shape index (κ2) is 10.9. The Bertz CT molecular complexity index is 1620. The van der Waals surface area contributed by atoms with Crippen LogP contribution in [0.2, 0.25) is 0 Å². The van der Waals surface area contributed by atoms with Crippen molar-refractivity contribution in [2.75, 3.05) is 14.2 Å². The number of ether oxygens (including phenoxy) is 2. The third kappa shape index (κ3) is 4.88. The summed E-state index contributed by atoms with van der Waals surface area (Å²) in [6.45, 7) is 2.51. The van der Waals surface area contributed by atoms with Crippen LogP contribution in [0.3, 0.4) is 0 Å². The van der Waals surface area contributed by atoms with Crippen molar-refractivity contribution in [2.24, 2.45) is 0 Å². The van der Waals surface area contributed by atoms with E-state index in [1.54, 1.807) is 26.4 Å². The van der Waals surface area contributed by atoms with Gasteiger partial charge in [-0.1, -0.05) is 48.5 Å². The Labute approximate surface area is 223 Å². The lowest BCUT2D eigenvalue weighted by Gasteiger charge is -2.10. The average Bonchev–Trinajstić information content (AvgIpc) is 3.54. The lowest BCUT2D eigenvalue weighted by Crippen LogP contribution is -2.03. The molecule has 5 rings (SSSR count). The molecule has 0 bridgehead atoms. The number of H-pyrrole nitrogens is 1. The number of methoxy groups -OCH3 is 2. The van der Waals surface area contributed by atoms with Crippen LogP contribution in [-0.2, 0) is 11.3 Å². The highest BCUT2D eigenvalue weighted by molar-refractivity contribution is 8.04. The van der Waals surface area contributed by atoms with Crippen LogP contribution >= 0.6 is 11.8 Å². The molecule has 9 heteroatoms. The predicted molar refractivity (Wildman–Crippen MR) is 149 cm³/mol. The van der Waals surface area contributed by atoms with E-state index < -0.39 is 5.97 Å². The number of benzene rings is 3. The summed E-state index contributed by atoms with van der Waals surface area (Å²) in [7, 11) is 3.17. The van der Waals surface area contributed by atoms with E-state index in [4.69, 9.17) is 9.47 Å². The first-order valence-corrected chi connectivity index (χ1v) is 12.8. The highest BCUT2D eigenvalue weighted by Crippen LogP contribution is 2.37. The molecule has 0 spiro atoms. The zero-order valence-corrected chi connectivity index (χ0v) is 22.0. The Morgan fingerprint density at radius 1 is 0.974 bits per heavy atom. The summed E-state index contributed by atoms with van der Waals surface area (Å²) in [5, 5.41) is 20.3. The summed E-state index contributed by atoms with van der Waals surface area (Å²) >= 11 is 1.07. The van der Waals surface area contributed by atoms with E-state index in [0.29, 0.717) is 29.0 Å². The van der Waals surface area contributed by atoms with Crippen LogP contribution in [0.25, 0.3) is 39.6 Å². The zero-order valence-electron chi connectivity index (χ0n) is 21.1. The normalized spacial score (nSPS) is 11.6. The van der Waals surface area contributed by atoms with E-state index >= 15 is 0 Å². The zero-order chi connectivity index (χ0) is 26.6. The molecule has 38 heavy (non-hydrogen) atoms. The van der Waals surface area contributed by atoms with Crippen molar-refractivity contribution in [3.05, 3.63) is 83.3 Å². The largest absolute Gasteiger partial charge is 0.497 e. The summed E-state index contributed by atoms with van der Waals surface area (Å²) in [5.74, 6) is 0.791. The van der Waals surface area contributed by atoms with E-state index in [-0.39, 0.29) is 4.91 Å². The third-order valence-electron chi connectivity index (χ3n) is 6.14. The molecule has 192 valence electrons. The fourth-order valence-electron chi connectivity index (χ4n) is 4.31. The molecular formula is C29H26N4O4S. The first-order chi connectivity index (χ1) is 18.5. The van der Waals surface area contributed by atoms with Gasteiger partial charge < -0.3 is 24.1 Å². The molecule has 0 atom stereocenters. The fourth-order valence-corrected chi connectivity index (χ4v) is 5.18. The number of nitrogens with zero attached hydrogens (tertiary/aromatic N) is 3. The van der Waals surface area contributed by atoms with E-state index in [2.05, 4.69) is 15.2 Å². The van der Waals surface area contributed by atoms with Crippen LogP contribution in [-0.4, -0.2) is 45.0 Å². The maximum absolute atomic E-state index is 12.5. The number of hydrogen-bond acceptors (Lipinski definition) is 6.